The average molecular weight is 440 g/mol. The van der Waals surface area contributed by atoms with Gasteiger partial charge < -0.3 is 19.5 Å². The maximum Gasteiger partial charge on any atom is 0.351 e. The van der Waals surface area contributed by atoms with E-state index in [1.54, 1.807) is 13.8 Å². The third-order valence-corrected chi connectivity index (χ3v) is 6.45. The van der Waals surface area contributed by atoms with Crippen LogP contribution in [0, 0.1) is 6.92 Å². The summed E-state index contributed by atoms with van der Waals surface area (Å²) >= 11 is 0.975. The summed E-state index contributed by atoms with van der Waals surface area (Å²) in [6, 6.07) is 5.56. The summed E-state index contributed by atoms with van der Waals surface area (Å²) in [7, 11) is -1.65. The highest BCUT2D eigenvalue weighted by Crippen LogP contribution is 2.26. The van der Waals surface area contributed by atoms with Crippen molar-refractivity contribution in [1.29, 1.82) is 0 Å². The maximum atomic E-state index is 12.9. The van der Waals surface area contributed by atoms with E-state index in [2.05, 4.69) is 15.0 Å². The molecule has 0 spiro atoms. The Morgan fingerprint density at radius 2 is 1.86 bits per heavy atom. The highest BCUT2D eigenvalue weighted by Gasteiger charge is 2.28. The largest absolute Gasteiger partial charge is 0.497 e. The highest BCUT2D eigenvalue weighted by atomic mass is 32.2. The van der Waals surface area contributed by atoms with Crippen molar-refractivity contribution in [2.24, 2.45) is 0 Å². The first kappa shape index (κ1) is 22.4. The van der Waals surface area contributed by atoms with Crippen molar-refractivity contribution >= 4 is 38.2 Å². The van der Waals surface area contributed by atoms with E-state index in [1.165, 1.54) is 31.4 Å². The van der Waals surface area contributed by atoms with Gasteiger partial charge in [0.1, 0.15) is 10.6 Å². The van der Waals surface area contributed by atoms with Gasteiger partial charge in [0.05, 0.1) is 31.4 Å². The van der Waals surface area contributed by atoms with Gasteiger partial charge in [0, 0.05) is 6.20 Å². The molecule has 0 radical (unpaired) electrons. The van der Waals surface area contributed by atoms with E-state index in [1.807, 2.05) is 0 Å². The van der Waals surface area contributed by atoms with Crippen LogP contribution in [0.1, 0.15) is 22.3 Å². The number of thiazole rings is 1. The molecule has 0 unspecified atom stereocenters. The Labute approximate surface area is 172 Å². The van der Waals surface area contributed by atoms with Crippen LogP contribution in [0.4, 0.5) is 5.13 Å². The second-order valence-corrected chi connectivity index (χ2v) is 8.39. The van der Waals surface area contributed by atoms with Gasteiger partial charge in [0.15, 0.2) is 10.0 Å². The molecule has 9 nitrogen and oxygen atoms in total. The van der Waals surface area contributed by atoms with E-state index in [9.17, 15) is 18.0 Å². The minimum Gasteiger partial charge on any atom is -0.497 e. The molecule has 0 amide bonds. The molecule has 2 rings (SSSR count). The Balaban J connectivity index is 2.37. The summed E-state index contributed by atoms with van der Waals surface area (Å²) in [5, 5.41) is 2.87. The molecule has 0 bridgehead atoms. The van der Waals surface area contributed by atoms with Crippen LogP contribution in [-0.2, 0) is 24.1 Å². The lowest BCUT2D eigenvalue weighted by Gasteiger charge is -2.08. The molecule has 29 heavy (non-hydrogen) atoms. The number of carbonyl (C=O) groups excluding carboxylic acids is 2. The molecule has 0 saturated heterocycles. The Hall–Kier alpha value is -2.92. The maximum absolute atomic E-state index is 12.9. The minimum absolute atomic E-state index is 0.112. The number of aromatic nitrogens is 1. The molecule has 1 aromatic heterocycles. The highest BCUT2D eigenvalue weighted by molar-refractivity contribution is 7.96. The Morgan fingerprint density at radius 1 is 1.21 bits per heavy atom. The van der Waals surface area contributed by atoms with Gasteiger partial charge in [-0.3, -0.25) is 0 Å². The van der Waals surface area contributed by atoms with Crippen molar-refractivity contribution in [1.82, 2.24) is 4.98 Å². The second kappa shape index (κ2) is 9.52. The fraction of sp³-hybridized carbons (Fsp3) is 0.278. The standard InChI is InChI=1S/C18H20N2O7S2/c1-5-27-17(22)15-11(2)20-18(28-15)19-10-14(16(21)26-4)29(23,24)13-8-6-12(25-3)7-9-13/h6-10H,5H2,1-4H3,(H,19,20)/b14-10+. The van der Waals surface area contributed by atoms with Crippen molar-refractivity contribution in [3.8, 4) is 5.75 Å². The van der Waals surface area contributed by atoms with Crippen LogP contribution in [-0.4, -0.2) is 46.2 Å². The fourth-order valence-corrected chi connectivity index (χ4v) is 4.29. The molecular formula is C18H20N2O7S2. The third kappa shape index (κ3) is 5.12. The number of anilines is 1. The zero-order valence-corrected chi connectivity index (χ0v) is 17.8. The summed E-state index contributed by atoms with van der Waals surface area (Å²) in [6.07, 6.45) is 0.985. The van der Waals surface area contributed by atoms with Crippen molar-refractivity contribution < 1.29 is 32.2 Å². The van der Waals surface area contributed by atoms with Crippen LogP contribution < -0.4 is 10.1 Å². The van der Waals surface area contributed by atoms with E-state index < -0.39 is 26.7 Å². The zero-order valence-electron chi connectivity index (χ0n) is 16.2. The number of ether oxygens (including phenoxy) is 3. The molecule has 0 atom stereocenters. The number of sulfone groups is 1. The van der Waals surface area contributed by atoms with E-state index in [-0.39, 0.29) is 21.5 Å². The second-order valence-electron chi connectivity index (χ2n) is 5.48. The van der Waals surface area contributed by atoms with E-state index in [4.69, 9.17) is 9.47 Å². The van der Waals surface area contributed by atoms with Crippen LogP contribution in [0.15, 0.2) is 40.3 Å². The summed E-state index contributed by atoms with van der Waals surface area (Å²) in [4.78, 5) is 27.7. The molecule has 0 aliphatic carbocycles. The molecule has 11 heteroatoms. The molecule has 0 aliphatic rings. The molecule has 0 fully saturated rings. The van der Waals surface area contributed by atoms with Gasteiger partial charge in [0.25, 0.3) is 0 Å². The Kier molecular flexibility index (Phi) is 7.35. The van der Waals surface area contributed by atoms with Gasteiger partial charge >= 0.3 is 11.9 Å². The van der Waals surface area contributed by atoms with Crippen molar-refractivity contribution in [2.75, 3.05) is 26.1 Å². The van der Waals surface area contributed by atoms with Gasteiger partial charge in [-0.15, -0.1) is 0 Å². The molecule has 0 saturated carbocycles. The molecule has 156 valence electrons. The fourth-order valence-electron chi connectivity index (χ4n) is 2.20. The van der Waals surface area contributed by atoms with Crippen LogP contribution in [0.2, 0.25) is 0 Å². The summed E-state index contributed by atoms with van der Waals surface area (Å²) < 4.78 is 40.3. The number of esters is 2. The predicted molar refractivity (Wildman–Crippen MR) is 107 cm³/mol. The van der Waals surface area contributed by atoms with Crippen molar-refractivity contribution in [2.45, 2.75) is 18.7 Å². The number of methoxy groups -OCH3 is 2. The Morgan fingerprint density at radius 3 is 2.41 bits per heavy atom. The number of nitrogens with one attached hydrogen (secondary N) is 1. The third-order valence-electron chi connectivity index (χ3n) is 3.63. The quantitative estimate of drug-likeness (QED) is 0.487. The first-order valence-electron chi connectivity index (χ1n) is 8.33. The van der Waals surface area contributed by atoms with Gasteiger partial charge in [-0.25, -0.2) is 23.0 Å². The van der Waals surface area contributed by atoms with E-state index in [0.717, 1.165) is 24.6 Å². The van der Waals surface area contributed by atoms with Gasteiger partial charge in [-0.05, 0) is 38.1 Å². The number of nitrogens with zero attached hydrogens (tertiary/aromatic N) is 1. The molecule has 1 heterocycles. The number of aryl methyl sites for hydroxylation is 1. The molecule has 1 N–H and O–H groups in total. The number of rotatable bonds is 8. The normalized spacial score (nSPS) is 11.7. The molecule has 2 aromatic rings. The summed E-state index contributed by atoms with van der Waals surface area (Å²) in [6.45, 7) is 3.52. The lowest BCUT2D eigenvalue weighted by Crippen LogP contribution is -2.17. The number of hydrogen-bond donors (Lipinski definition) is 1. The number of hydrogen-bond acceptors (Lipinski definition) is 10. The van der Waals surface area contributed by atoms with Crippen molar-refractivity contribution in [3.05, 3.63) is 45.9 Å². The topological polar surface area (TPSA) is 121 Å². The van der Waals surface area contributed by atoms with Crippen LogP contribution in [0.25, 0.3) is 0 Å². The molecule has 0 aliphatic heterocycles. The summed E-state index contributed by atoms with van der Waals surface area (Å²) in [5.74, 6) is -1.11. The SMILES string of the molecule is CCOC(=O)c1sc(N/C=C(\C(=O)OC)S(=O)(=O)c2ccc(OC)cc2)nc1C. The lowest BCUT2D eigenvalue weighted by molar-refractivity contribution is -0.135. The van der Waals surface area contributed by atoms with Crippen LogP contribution in [0.5, 0.6) is 5.75 Å². The van der Waals surface area contributed by atoms with Crippen LogP contribution >= 0.6 is 11.3 Å². The smallest absolute Gasteiger partial charge is 0.351 e. The predicted octanol–water partition coefficient (Wildman–Crippen LogP) is 2.54. The van der Waals surface area contributed by atoms with Gasteiger partial charge in [-0.1, -0.05) is 11.3 Å². The molecule has 1 aromatic carbocycles. The summed E-state index contributed by atoms with van der Waals surface area (Å²) in [5.41, 5.74) is 0.418. The zero-order chi connectivity index (χ0) is 21.6. The van der Waals surface area contributed by atoms with E-state index in [0.29, 0.717) is 11.4 Å². The minimum atomic E-state index is -4.18. The van der Waals surface area contributed by atoms with E-state index >= 15 is 0 Å². The molecular weight excluding hydrogens is 420 g/mol. The average Bonchev–Trinajstić information content (AvgIpc) is 3.08. The monoisotopic (exact) mass is 440 g/mol. The number of carbonyl (C=O) groups is 2. The van der Waals surface area contributed by atoms with Gasteiger partial charge in [-0.2, -0.15) is 0 Å². The number of benzene rings is 1. The first-order valence-corrected chi connectivity index (χ1v) is 10.6. The lowest BCUT2D eigenvalue weighted by atomic mass is 10.3. The first-order chi connectivity index (χ1) is 13.7. The Bertz CT molecular complexity index is 1020. The van der Waals surface area contributed by atoms with Gasteiger partial charge in [0.2, 0.25) is 9.84 Å². The van der Waals surface area contributed by atoms with Crippen LogP contribution in [0.3, 0.4) is 0 Å². The van der Waals surface area contributed by atoms with Crippen molar-refractivity contribution in [3.63, 3.8) is 0 Å².